The van der Waals surface area contributed by atoms with Crippen LogP contribution in [0.25, 0.3) is 11.1 Å². The van der Waals surface area contributed by atoms with Crippen molar-refractivity contribution >= 4 is 9.84 Å². The maximum atomic E-state index is 12.6. The third kappa shape index (κ3) is 5.24. The van der Waals surface area contributed by atoms with Crippen molar-refractivity contribution in [2.45, 2.75) is 30.8 Å². The molecule has 0 bridgehead atoms. The van der Waals surface area contributed by atoms with Crippen molar-refractivity contribution in [2.24, 2.45) is 0 Å². The standard InChI is InChI=1S/C29H29NO2S/c1-21-18-19-26(27(20-21)25-16-10-11-17-28(25)33(3,31)32)29(24-14-8-5-9-15-24)30-22(2)23-12-6-4-7-13-23/h4-20,22,29-30H,1-3H3. The Morgan fingerprint density at radius 1 is 0.697 bits per heavy atom. The molecule has 0 amide bonds. The van der Waals surface area contributed by atoms with Crippen LogP contribution in [0, 0.1) is 6.92 Å². The van der Waals surface area contributed by atoms with Crippen LogP contribution < -0.4 is 5.32 Å². The molecule has 4 aromatic carbocycles. The van der Waals surface area contributed by atoms with Crippen LogP contribution in [0.4, 0.5) is 0 Å². The van der Waals surface area contributed by atoms with Crippen LogP contribution >= 0.6 is 0 Å². The van der Waals surface area contributed by atoms with E-state index in [9.17, 15) is 8.42 Å². The fourth-order valence-corrected chi connectivity index (χ4v) is 5.17. The zero-order valence-corrected chi connectivity index (χ0v) is 20.0. The molecule has 0 fully saturated rings. The second-order valence-electron chi connectivity index (χ2n) is 8.50. The van der Waals surface area contributed by atoms with E-state index in [-0.39, 0.29) is 12.1 Å². The summed E-state index contributed by atoms with van der Waals surface area (Å²) in [5.74, 6) is 0. The highest BCUT2D eigenvalue weighted by Gasteiger charge is 2.23. The fraction of sp³-hybridized carbons (Fsp3) is 0.172. The largest absolute Gasteiger partial charge is 0.300 e. The molecule has 3 nitrogen and oxygen atoms in total. The van der Waals surface area contributed by atoms with Crippen molar-refractivity contribution < 1.29 is 8.42 Å². The van der Waals surface area contributed by atoms with E-state index in [1.54, 1.807) is 12.1 Å². The molecule has 2 unspecified atom stereocenters. The first-order valence-corrected chi connectivity index (χ1v) is 13.0. The summed E-state index contributed by atoms with van der Waals surface area (Å²) in [5.41, 5.74) is 6.11. The predicted octanol–water partition coefficient (Wildman–Crippen LogP) is 6.51. The number of hydrogen-bond acceptors (Lipinski definition) is 3. The quantitative estimate of drug-likeness (QED) is 0.346. The Bertz CT molecular complexity index is 1330. The van der Waals surface area contributed by atoms with Gasteiger partial charge in [0.2, 0.25) is 0 Å². The normalized spacial score (nSPS) is 13.4. The Labute approximate surface area is 197 Å². The monoisotopic (exact) mass is 455 g/mol. The molecule has 0 aliphatic rings. The summed E-state index contributed by atoms with van der Waals surface area (Å²) in [6, 6.07) is 34.2. The van der Waals surface area contributed by atoms with Crippen LogP contribution in [0.15, 0.2) is 108 Å². The van der Waals surface area contributed by atoms with Gasteiger partial charge in [0.25, 0.3) is 0 Å². The molecule has 0 heterocycles. The van der Waals surface area contributed by atoms with E-state index in [4.69, 9.17) is 0 Å². The topological polar surface area (TPSA) is 46.2 Å². The molecule has 0 spiro atoms. The summed E-state index contributed by atoms with van der Waals surface area (Å²) in [5, 5.41) is 3.80. The van der Waals surface area contributed by atoms with Crippen LogP contribution in [0.5, 0.6) is 0 Å². The van der Waals surface area contributed by atoms with Crippen molar-refractivity contribution in [2.75, 3.05) is 6.26 Å². The average Bonchev–Trinajstić information content (AvgIpc) is 2.83. The Hall–Kier alpha value is -3.21. The molecule has 168 valence electrons. The SMILES string of the molecule is Cc1ccc(C(NC(C)c2ccccc2)c2ccccc2)c(-c2ccccc2S(C)(=O)=O)c1. The molecular formula is C29H29NO2S. The average molecular weight is 456 g/mol. The molecule has 4 aromatic rings. The first-order chi connectivity index (χ1) is 15.8. The molecule has 0 aliphatic carbocycles. The van der Waals surface area contributed by atoms with Crippen LogP contribution in [-0.4, -0.2) is 14.7 Å². The third-order valence-corrected chi connectivity index (χ3v) is 7.10. The van der Waals surface area contributed by atoms with Gasteiger partial charge in [0.15, 0.2) is 9.84 Å². The van der Waals surface area contributed by atoms with Gasteiger partial charge in [-0.15, -0.1) is 0 Å². The second-order valence-corrected chi connectivity index (χ2v) is 10.5. The molecule has 1 N–H and O–H groups in total. The lowest BCUT2D eigenvalue weighted by Crippen LogP contribution is -2.26. The first kappa shape index (κ1) is 23.0. The fourth-order valence-electron chi connectivity index (χ4n) is 4.27. The van der Waals surface area contributed by atoms with E-state index in [1.165, 1.54) is 11.8 Å². The number of aryl methyl sites for hydroxylation is 1. The molecule has 4 heteroatoms. The van der Waals surface area contributed by atoms with Gasteiger partial charge in [-0.2, -0.15) is 0 Å². The predicted molar refractivity (Wildman–Crippen MR) is 136 cm³/mol. The zero-order chi connectivity index (χ0) is 23.4. The second kappa shape index (κ2) is 9.74. The van der Waals surface area contributed by atoms with Gasteiger partial charge < -0.3 is 0 Å². The summed E-state index contributed by atoms with van der Waals surface area (Å²) in [7, 11) is -3.39. The van der Waals surface area contributed by atoms with Gasteiger partial charge >= 0.3 is 0 Å². The smallest absolute Gasteiger partial charge is 0.176 e. The number of nitrogens with one attached hydrogen (secondary N) is 1. The van der Waals surface area contributed by atoms with Gasteiger partial charge in [-0.1, -0.05) is 103 Å². The minimum atomic E-state index is -3.39. The van der Waals surface area contributed by atoms with E-state index >= 15 is 0 Å². The van der Waals surface area contributed by atoms with Gasteiger partial charge in [0.1, 0.15) is 0 Å². The minimum Gasteiger partial charge on any atom is -0.300 e. The van der Waals surface area contributed by atoms with Gasteiger partial charge in [0, 0.05) is 17.9 Å². The number of hydrogen-bond donors (Lipinski definition) is 1. The highest BCUT2D eigenvalue weighted by Crippen LogP contribution is 2.37. The van der Waals surface area contributed by atoms with Crippen LogP contribution in [0.3, 0.4) is 0 Å². The van der Waals surface area contributed by atoms with Gasteiger partial charge in [-0.25, -0.2) is 8.42 Å². The number of rotatable bonds is 7. The van der Waals surface area contributed by atoms with Crippen molar-refractivity contribution in [1.82, 2.24) is 5.32 Å². The molecule has 4 rings (SSSR count). The van der Waals surface area contributed by atoms with E-state index in [2.05, 4.69) is 54.7 Å². The molecule has 0 radical (unpaired) electrons. The van der Waals surface area contributed by atoms with Gasteiger partial charge in [-0.05, 0) is 42.2 Å². The van der Waals surface area contributed by atoms with Crippen molar-refractivity contribution in [1.29, 1.82) is 0 Å². The molecule has 0 saturated carbocycles. The van der Waals surface area contributed by atoms with Gasteiger partial charge in [-0.3, -0.25) is 5.32 Å². The summed E-state index contributed by atoms with van der Waals surface area (Å²) in [6.45, 7) is 4.19. The molecule has 0 saturated heterocycles. The zero-order valence-electron chi connectivity index (χ0n) is 19.2. The number of sulfone groups is 1. The maximum Gasteiger partial charge on any atom is 0.176 e. The maximum absolute atomic E-state index is 12.6. The van der Waals surface area contributed by atoms with E-state index in [1.807, 2.05) is 55.5 Å². The molecule has 0 aromatic heterocycles. The molecule has 2 atom stereocenters. The Morgan fingerprint density at radius 3 is 1.91 bits per heavy atom. The lowest BCUT2D eigenvalue weighted by atomic mass is 9.89. The summed E-state index contributed by atoms with van der Waals surface area (Å²) in [4.78, 5) is 0.347. The molecular weight excluding hydrogens is 426 g/mol. The highest BCUT2D eigenvalue weighted by molar-refractivity contribution is 7.90. The highest BCUT2D eigenvalue weighted by atomic mass is 32.2. The van der Waals surface area contributed by atoms with Crippen LogP contribution in [0.2, 0.25) is 0 Å². The Kier molecular flexibility index (Phi) is 6.77. The third-order valence-electron chi connectivity index (χ3n) is 5.95. The lowest BCUT2D eigenvalue weighted by Gasteiger charge is -2.27. The van der Waals surface area contributed by atoms with Crippen molar-refractivity contribution in [3.8, 4) is 11.1 Å². The van der Waals surface area contributed by atoms with E-state index in [0.717, 1.165) is 27.8 Å². The van der Waals surface area contributed by atoms with Crippen LogP contribution in [-0.2, 0) is 9.84 Å². The first-order valence-electron chi connectivity index (χ1n) is 11.1. The lowest BCUT2D eigenvalue weighted by molar-refractivity contribution is 0.517. The molecule has 33 heavy (non-hydrogen) atoms. The van der Waals surface area contributed by atoms with Gasteiger partial charge in [0.05, 0.1) is 10.9 Å². The summed E-state index contributed by atoms with van der Waals surface area (Å²) < 4.78 is 25.2. The van der Waals surface area contributed by atoms with Crippen molar-refractivity contribution in [3.63, 3.8) is 0 Å². The Morgan fingerprint density at radius 2 is 1.27 bits per heavy atom. The minimum absolute atomic E-state index is 0.0933. The molecule has 0 aliphatic heterocycles. The Balaban J connectivity index is 1.89. The summed E-state index contributed by atoms with van der Waals surface area (Å²) in [6.07, 6.45) is 1.27. The summed E-state index contributed by atoms with van der Waals surface area (Å²) >= 11 is 0. The van der Waals surface area contributed by atoms with E-state index < -0.39 is 9.84 Å². The number of benzene rings is 4. The van der Waals surface area contributed by atoms with E-state index in [0.29, 0.717) is 4.90 Å². The van der Waals surface area contributed by atoms with Crippen molar-refractivity contribution in [3.05, 3.63) is 125 Å². The van der Waals surface area contributed by atoms with Crippen LogP contribution in [0.1, 0.15) is 41.3 Å².